The lowest BCUT2D eigenvalue weighted by atomic mass is 10.2. The molecule has 1 heterocycles. The lowest BCUT2D eigenvalue weighted by molar-refractivity contribution is -0.122. The molecule has 12 heavy (non-hydrogen) atoms. The van der Waals surface area contributed by atoms with E-state index in [1.807, 2.05) is 6.92 Å². The van der Waals surface area contributed by atoms with E-state index >= 15 is 0 Å². The number of carbonyl (C=O) groups excluding carboxylic acids is 1. The van der Waals surface area contributed by atoms with Gasteiger partial charge in [-0.15, -0.1) is 0 Å². The summed E-state index contributed by atoms with van der Waals surface area (Å²) in [7, 11) is 1.67. The fourth-order valence-corrected chi connectivity index (χ4v) is 1.36. The third kappa shape index (κ3) is 2.19. The van der Waals surface area contributed by atoms with E-state index < -0.39 is 0 Å². The Morgan fingerprint density at radius 2 is 2.42 bits per heavy atom. The Balaban J connectivity index is 2.35. The second kappa shape index (κ2) is 4.42. The van der Waals surface area contributed by atoms with Gasteiger partial charge in [0.05, 0.1) is 12.1 Å². The molecular weight excluding hydrogens is 156 g/mol. The van der Waals surface area contributed by atoms with Crippen LogP contribution in [0.25, 0.3) is 0 Å². The van der Waals surface area contributed by atoms with Crippen molar-refractivity contribution < 1.29 is 9.53 Å². The minimum atomic E-state index is 0.0887. The van der Waals surface area contributed by atoms with Crippen molar-refractivity contribution in [1.82, 2.24) is 10.6 Å². The standard InChI is InChI=1S/C8H16N2O2/c1-3-8(11)10-6-4-9-5-7(6)12-2/h6-7,9H,3-5H2,1-2H3,(H,10,11). The van der Waals surface area contributed by atoms with E-state index in [4.69, 9.17) is 4.74 Å². The third-order valence-electron chi connectivity index (χ3n) is 2.13. The summed E-state index contributed by atoms with van der Waals surface area (Å²) < 4.78 is 5.19. The Morgan fingerprint density at radius 1 is 1.67 bits per heavy atom. The molecule has 1 amide bonds. The van der Waals surface area contributed by atoms with Gasteiger partial charge in [-0.25, -0.2) is 0 Å². The Kier molecular flexibility index (Phi) is 3.49. The van der Waals surface area contributed by atoms with Crippen LogP contribution in [0.15, 0.2) is 0 Å². The van der Waals surface area contributed by atoms with Gasteiger partial charge in [-0.1, -0.05) is 6.92 Å². The maximum Gasteiger partial charge on any atom is 0.220 e. The van der Waals surface area contributed by atoms with Crippen LogP contribution in [-0.2, 0) is 9.53 Å². The van der Waals surface area contributed by atoms with Crippen LogP contribution in [0, 0.1) is 0 Å². The number of carbonyl (C=O) groups is 1. The maximum atomic E-state index is 11.0. The summed E-state index contributed by atoms with van der Waals surface area (Å²) in [6.07, 6.45) is 0.660. The Hall–Kier alpha value is -0.610. The highest BCUT2D eigenvalue weighted by molar-refractivity contribution is 5.75. The number of ether oxygens (including phenoxy) is 1. The first-order valence-corrected chi connectivity index (χ1v) is 4.30. The van der Waals surface area contributed by atoms with Gasteiger partial charge in [-0.3, -0.25) is 4.79 Å². The highest BCUT2D eigenvalue weighted by Crippen LogP contribution is 2.03. The van der Waals surface area contributed by atoms with E-state index in [0.717, 1.165) is 13.1 Å². The minimum absolute atomic E-state index is 0.0887. The fourth-order valence-electron chi connectivity index (χ4n) is 1.36. The second-order valence-electron chi connectivity index (χ2n) is 2.96. The molecule has 0 saturated carbocycles. The van der Waals surface area contributed by atoms with Crippen LogP contribution < -0.4 is 10.6 Å². The zero-order valence-electron chi connectivity index (χ0n) is 7.59. The van der Waals surface area contributed by atoms with Crippen molar-refractivity contribution in [3.8, 4) is 0 Å². The predicted octanol–water partition coefficient (Wildman–Crippen LogP) is -0.501. The summed E-state index contributed by atoms with van der Waals surface area (Å²) in [5, 5.41) is 6.07. The van der Waals surface area contributed by atoms with Crippen molar-refractivity contribution in [3.63, 3.8) is 0 Å². The smallest absolute Gasteiger partial charge is 0.220 e. The third-order valence-corrected chi connectivity index (χ3v) is 2.13. The molecule has 2 N–H and O–H groups in total. The Labute approximate surface area is 72.7 Å². The highest BCUT2D eigenvalue weighted by Gasteiger charge is 2.27. The molecule has 1 fully saturated rings. The minimum Gasteiger partial charge on any atom is -0.378 e. The number of methoxy groups -OCH3 is 1. The molecule has 0 radical (unpaired) electrons. The summed E-state index contributed by atoms with van der Waals surface area (Å²) in [4.78, 5) is 11.0. The molecule has 0 spiro atoms. The van der Waals surface area contributed by atoms with Crippen molar-refractivity contribution >= 4 is 5.91 Å². The normalized spacial score (nSPS) is 28.8. The van der Waals surface area contributed by atoms with Gasteiger partial charge in [0, 0.05) is 26.6 Å². The highest BCUT2D eigenvalue weighted by atomic mass is 16.5. The molecular formula is C8H16N2O2. The molecule has 0 aromatic heterocycles. The van der Waals surface area contributed by atoms with Crippen LogP contribution in [0.1, 0.15) is 13.3 Å². The van der Waals surface area contributed by atoms with Crippen LogP contribution in [-0.4, -0.2) is 38.3 Å². The average molecular weight is 172 g/mol. The van der Waals surface area contributed by atoms with Gasteiger partial charge in [-0.05, 0) is 0 Å². The lowest BCUT2D eigenvalue weighted by Gasteiger charge is -2.17. The van der Waals surface area contributed by atoms with Gasteiger partial charge in [0.1, 0.15) is 0 Å². The van der Waals surface area contributed by atoms with Crippen LogP contribution in [0.2, 0.25) is 0 Å². The lowest BCUT2D eigenvalue weighted by Crippen LogP contribution is -2.43. The van der Waals surface area contributed by atoms with Crippen molar-refractivity contribution in [2.45, 2.75) is 25.5 Å². The Morgan fingerprint density at radius 3 is 3.00 bits per heavy atom. The van der Waals surface area contributed by atoms with Gasteiger partial charge in [-0.2, -0.15) is 0 Å². The van der Waals surface area contributed by atoms with Crippen LogP contribution in [0.5, 0.6) is 0 Å². The van der Waals surface area contributed by atoms with Crippen molar-refractivity contribution in [3.05, 3.63) is 0 Å². The summed E-state index contributed by atoms with van der Waals surface area (Å²) in [6.45, 7) is 3.48. The Bertz CT molecular complexity index is 161. The largest absolute Gasteiger partial charge is 0.378 e. The van der Waals surface area contributed by atoms with Crippen LogP contribution in [0.3, 0.4) is 0 Å². The number of rotatable bonds is 3. The summed E-state index contributed by atoms with van der Waals surface area (Å²) in [5.74, 6) is 0.0887. The summed E-state index contributed by atoms with van der Waals surface area (Å²) in [6, 6.07) is 0.141. The van der Waals surface area contributed by atoms with E-state index in [2.05, 4.69) is 10.6 Å². The zero-order chi connectivity index (χ0) is 8.97. The molecule has 1 aliphatic heterocycles. The summed E-state index contributed by atoms with van der Waals surface area (Å²) >= 11 is 0. The van der Waals surface area contributed by atoms with Gasteiger partial charge in [0.15, 0.2) is 0 Å². The molecule has 0 aromatic rings. The number of nitrogens with one attached hydrogen (secondary N) is 2. The first kappa shape index (κ1) is 9.48. The van der Waals surface area contributed by atoms with E-state index in [0.29, 0.717) is 6.42 Å². The SMILES string of the molecule is CCC(=O)NC1CNCC1OC. The van der Waals surface area contributed by atoms with Crippen LogP contribution in [0.4, 0.5) is 0 Å². The molecule has 1 saturated heterocycles. The molecule has 2 atom stereocenters. The van der Waals surface area contributed by atoms with E-state index in [9.17, 15) is 4.79 Å². The monoisotopic (exact) mass is 172 g/mol. The molecule has 4 heteroatoms. The fraction of sp³-hybridized carbons (Fsp3) is 0.875. The number of hydrogen-bond acceptors (Lipinski definition) is 3. The molecule has 70 valence electrons. The topological polar surface area (TPSA) is 50.4 Å². The molecule has 0 aliphatic carbocycles. The van der Waals surface area contributed by atoms with Gasteiger partial charge < -0.3 is 15.4 Å². The molecule has 1 rings (SSSR count). The maximum absolute atomic E-state index is 11.0. The second-order valence-corrected chi connectivity index (χ2v) is 2.96. The van der Waals surface area contributed by atoms with Gasteiger partial charge in [0.2, 0.25) is 5.91 Å². The number of hydrogen-bond donors (Lipinski definition) is 2. The number of amides is 1. The predicted molar refractivity (Wildman–Crippen MR) is 45.9 cm³/mol. The first-order chi connectivity index (χ1) is 5.77. The van der Waals surface area contributed by atoms with E-state index in [1.165, 1.54) is 0 Å². The summed E-state index contributed by atoms with van der Waals surface area (Å²) in [5.41, 5.74) is 0. The van der Waals surface area contributed by atoms with Crippen molar-refractivity contribution in [1.29, 1.82) is 0 Å². The molecule has 0 bridgehead atoms. The van der Waals surface area contributed by atoms with Gasteiger partial charge >= 0.3 is 0 Å². The van der Waals surface area contributed by atoms with Gasteiger partial charge in [0.25, 0.3) is 0 Å². The molecule has 2 unspecified atom stereocenters. The molecule has 1 aliphatic rings. The zero-order valence-corrected chi connectivity index (χ0v) is 7.59. The molecule has 0 aromatic carbocycles. The first-order valence-electron chi connectivity index (χ1n) is 4.30. The van der Waals surface area contributed by atoms with Crippen molar-refractivity contribution in [2.24, 2.45) is 0 Å². The van der Waals surface area contributed by atoms with E-state index in [-0.39, 0.29) is 18.1 Å². The van der Waals surface area contributed by atoms with E-state index in [1.54, 1.807) is 7.11 Å². The quantitative estimate of drug-likeness (QED) is 0.603. The molecule has 4 nitrogen and oxygen atoms in total. The van der Waals surface area contributed by atoms with Crippen LogP contribution >= 0.6 is 0 Å². The average Bonchev–Trinajstić information content (AvgIpc) is 2.51. The van der Waals surface area contributed by atoms with Crippen molar-refractivity contribution in [2.75, 3.05) is 20.2 Å².